The van der Waals surface area contributed by atoms with Crippen molar-refractivity contribution in [3.05, 3.63) is 29.0 Å². The first-order chi connectivity index (χ1) is 8.60. The van der Waals surface area contributed by atoms with Gasteiger partial charge < -0.3 is 14.8 Å². The fraction of sp³-hybridized carbons (Fsp3) is 0.417. The van der Waals surface area contributed by atoms with Crippen LogP contribution in [0.1, 0.15) is 6.42 Å². The molecule has 0 aliphatic carbocycles. The van der Waals surface area contributed by atoms with Crippen molar-refractivity contribution in [3.8, 4) is 5.75 Å². The first-order valence-electron chi connectivity index (χ1n) is 5.53. The number of hydrogen-bond donors (Lipinski definition) is 1. The van der Waals surface area contributed by atoms with Crippen molar-refractivity contribution >= 4 is 17.6 Å². The van der Waals surface area contributed by atoms with Gasteiger partial charge in [-0.05, 0) is 12.1 Å². The summed E-state index contributed by atoms with van der Waals surface area (Å²) in [6.07, 6.45) is 0.359. The quantitative estimate of drug-likeness (QED) is 0.853. The minimum absolute atomic E-state index is 0.0166. The van der Waals surface area contributed by atoms with Crippen LogP contribution in [0.5, 0.6) is 5.75 Å². The van der Waals surface area contributed by atoms with Crippen LogP contribution >= 0.6 is 11.6 Å². The van der Waals surface area contributed by atoms with E-state index in [1.165, 1.54) is 25.3 Å². The van der Waals surface area contributed by atoms with Crippen molar-refractivity contribution in [2.45, 2.75) is 18.6 Å². The van der Waals surface area contributed by atoms with Crippen LogP contribution in [0.15, 0.2) is 18.2 Å². The number of carbonyl (C=O) groups excluding carboxylic acids is 1. The second-order valence-corrected chi connectivity index (χ2v) is 4.44. The number of rotatable bonds is 3. The molecule has 98 valence electrons. The van der Waals surface area contributed by atoms with Crippen LogP contribution in [-0.4, -0.2) is 31.8 Å². The molecule has 2 atom stereocenters. The Morgan fingerprint density at radius 3 is 3.00 bits per heavy atom. The molecule has 0 amide bonds. The highest BCUT2D eigenvalue weighted by Crippen LogP contribution is 2.23. The van der Waals surface area contributed by atoms with Crippen LogP contribution in [0.25, 0.3) is 0 Å². The summed E-state index contributed by atoms with van der Waals surface area (Å²) in [7, 11) is 1.35. The summed E-state index contributed by atoms with van der Waals surface area (Å²) in [5.74, 6) is -0.307. The average molecular weight is 274 g/mol. The van der Waals surface area contributed by atoms with Gasteiger partial charge in [0.15, 0.2) is 0 Å². The van der Waals surface area contributed by atoms with Gasteiger partial charge in [0, 0.05) is 19.0 Å². The molecule has 2 rings (SSSR count). The lowest BCUT2D eigenvalue weighted by Gasteiger charge is -2.13. The Morgan fingerprint density at radius 1 is 1.56 bits per heavy atom. The molecule has 6 heteroatoms. The van der Waals surface area contributed by atoms with E-state index in [0.717, 1.165) is 0 Å². The molecule has 1 aliphatic heterocycles. The fourth-order valence-corrected chi connectivity index (χ4v) is 2.03. The maximum absolute atomic E-state index is 13.0. The second kappa shape index (κ2) is 5.54. The van der Waals surface area contributed by atoms with Crippen molar-refractivity contribution < 1.29 is 18.7 Å². The van der Waals surface area contributed by atoms with Gasteiger partial charge in [-0.15, -0.1) is 0 Å². The van der Waals surface area contributed by atoms with Crippen molar-refractivity contribution in [2.24, 2.45) is 0 Å². The minimum Gasteiger partial charge on any atom is -0.489 e. The number of hydrogen-bond acceptors (Lipinski definition) is 4. The summed E-state index contributed by atoms with van der Waals surface area (Å²) in [5.41, 5.74) is 0. The highest BCUT2D eigenvalue weighted by Gasteiger charge is 2.31. The molecule has 0 spiro atoms. The molecule has 1 saturated heterocycles. The third-order valence-electron chi connectivity index (χ3n) is 2.77. The molecular formula is C12H13ClFNO3. The van der Waals surface area contributed by atoms with Gasteiger partial charge in [-0.1, -0.05) is 11.6 Å². The van der Waals surface area contributed by atoms with Gasteiger partial charge in [0.25, 0.3) is 0 Å². The Kier molecular flexibility index (Phi) is 4.04. The predicted molar refractivity (Wildman–Crippen MR) is 64.2 cm³/mol. The zero-order chi connectivity index (χ0) is 13.1. The summed E-state index contributed by atoms with van der Waals surface area (Å²) in [4.78, 5) is 11.3. The van der Waals surface area contributed by atoms with E-state index in [0.29, 0.717) is 18.7 Å². The summed E-state index contributed by atoms with van der Waals surface area (Å²) in [5, 5.41) is 3.01. The lowest BCUT2D eigenvalue weighted by molar-refractivity contribution is -0.142. The van der Waals surface area contributed by atoms with Crippen molar-refractivity contribution in [1.29, 1.82) is 0 Å². The van der Waals surface area contributed by atoms with E-state index < -0.39 is 5.82 Å². The molecule has 18 heavy (non-hydrogen) atoms. The summed E-state index contributed by atoms with van der Waals surface area (Å²) in [6.45, 7) is 0.536. The lowest BCUT2D eigenvalue weighted by atomic mass is 10.2. The van der Waals surface area contributed by atoms with Crippen LogP contribution in [0.2, 0.25) is 5.02 Å². The Bertz CT molecular complexity index is 455. The molecule has 1 aliphatic rings. The zero-order valence-corrected chi connectivity index (χ0v) is 10.5. The molecule has 1 aromatic carbocycles. The van der Waals surface area contributed by atoms with Gasteiger partial charge >= 0.3 is 5.97 Å². The predicted octanol–water partition coefficient (Wildman–Crippen LogP) is 1.76. The van der Waals surface area contributed by atoms with Gasteiger partial charge in [-0.25, -0.2) is 4.39 Å². The molecule has 0 radical (unpaired) electrons. The van der Waals surface area contributed by atoms with Gasteiger partial charge in [0.05, 0.1) is 12.1 Å². The molecule has 4 nitrogen and oxygen atoms in total. The zero-order valence-electron chi connectivity index (χ0n) is 9.78. The highest BCUT2D eigenvalue weighted by atomic mass is 35.5. The Morgan fingerprint density at radius 2 is 2.33 bits per heavy atom. The van der Waals surface area contributed by atoms with Crippen LogP contribution < -0.4 is 10.1 Å². The van der Waals surface area contributed by atoms with Gasteiger partial charge in [-0.2, -0.15) is 0 Å². The highest BCUT2D eigenvalue weighted by molar-refractivity contribution is 6.30. The molecule has 1 aromatic rings. The monoisotopic (exact) mass is 273 g/mol. The molecule has 1 fully saturated rings. The van der Waals surface area contributed by atoms with Crippen molar-refractivity contribution in [3.63, 3.8) is 0 Å². The first kappa shape index (κ1) is 13.1. The second-order valence-electron chi connectivity index (χ2n) is 4.04. The Balaban J connectivity index is 1.95. The topological polar surface area (TPSA) is 47.6 Å². The number of ether oxygens (including phenoxy) is 2. The molecule has 0 saturated carbocycles. The van der Waals surface area contributed by atoms with Gasteiger partial charge in [-0.3, -0.25) is 4.79 Å². The standard InChI is InChI=1S/C12H13ClFNO3/c1-17-12(16)11-5-8(6-15-11)18-7-2-3-10(14)9(13)4-7/h2-4,8,11,15H,5-6H2,1H3. The molecule has 1 heterocycles. The van der Waals surface area contributed by atoms with Crippen LogP contribution in [0, 0.1) is 5.82 Å². The molecular weight excluding hydrogens is 261 g/mol. The third-order valence-corrected chi connectivity index (χ3v) is 3.06. The fourth-order valence-electron chi connectivity index (χ4n) is 1.86. The SMILES string of the molecule is COC(=O)C1CC(Oc2ccc(F)c(Cl)c2)CN1. The Labute approximate surface area is 109 Å². The van der Waals surface area contributed by atoms with Crippen molar-refractivity contribution in [2.75, 3.05) is 13.7 Å². The number of halogens is 2. The van der Waals surface area contributed by atoms with E-state index in [9.17, 15) is 9.18 Å². The maximum atomic E-state index is 13.0. The number of methoxy groups -OCH3 is 1. The largest absolute Gasteiger partial charge is 0.489 e. The number of esters is 1. The average Bonchev–Trinajstić information content (AvgIpc) is 2.81. The van der Waals surface area contributed by atoms with E-state index in [1.807, 2.05) is 0 Å². The van der Waals surface area contributed by atoms with Crippen LogP contribution in [-0.2, 0) is 9.53 Å². The third kappa shape index (κ3) is 2.91. The van der Waals surface area contributed by atoms with Crippen molar-refractivity contribution in [1.82, 2.24) is 5.32 Å². The normalized spacial score (nSPS) is 22.8. The number of benzene rings is 1. The first-order valence-corrected chi connectivity index (χ1v) is 5.91. The van der Waals surface area contributed by atoms with Gasteiger partial charge in [0.2, 0.25) is 0 Å². The molecule has 0 aromatic heterocycles. The van der Waals surface area contributed by atoms with E-state index in [2.05, 4.69) is 10.1 Å². The summed E-state index contributed by atoms with van der Waals surface area (Å²) >= 11 is 5.66. The van der Waals surface area contributed by atoms with Gasteiger partial charge in [0.1, 0.15) is 23.7 Å². The van der Waals surface area contributed by atoms with E-state index >= 15 is 0 Å². The Hall–Kier alpha value is -1.33. The minimum atomic E-state index is -0.485. The smallest absolute Gasteiger partial charge is 0.323 e. The van der Waals surface area contributed by atoms with E-state index in [-0.39, 0.29) is 23.1 Å². The van der Waals surface area contributed by atoms with Crippen LogP contribution in [0.4, 0.5) is 4.39 Å². The van der Waals surface area contributed by atoms with E-state index in [1.54, 1.807) is 0 Å². The number of carbonyl (C=O) groups is 1. The molecule has 0 bridgehead atoms. The number of nitrogens with one attached hydrogen (secondary N) is 1. The lowest BCUT2D eigenvalue weighted by Crippen LogP contribution is -2.31. The van der Waals surface area contributed by atoms with Crippen LogP contribution in [0.3, 0.4) is 0 Å². The summed E-state index contributed by atoms with van der Waals surface area (Å²) < 4.78 is 23.2. The summed E-state index contributed by atoms with van der Waals surface area (Å²) in [6, 6.07) is 3.82. The van der Waals surface area contributed by atoms with E-state index in [4.69, 9.17) is 16.3 Å². The maximum Gasteiger partial charge on any atom is 0.323 e. The molecule has 2 unspecified atom stereocenters. The molecule has 1 N–H and O–H groups in total.